The minimum atomic E-state index is 0.591. The van der Waals surface area contributed by atoms with Gasteiger partial charge >= 0.3 is 0 Å². The summed E-state index contributed by atoms with van der Waals surface area (Å²) >= 11 is 1.95. The fourth-order valence-electron chi connectivity index (χ4n) is 1.74. The van der Waals surface area contributed by atoms with E-state index in [1.54, 1.807) is 7.11 Å². The highest BCUT2D eigenvalue weighted by Gasteiger charge is 2.06. The van der Waals surface area contributed by atoms with Gasteiger partial charge in [-0.1, -0.05) is 24.6 Å². The van der Waals surface area contributed by atoms with Crippen LogP contribution in [0.25, 0.3) is 0 Å². The Morgan fingerprint density at radius 1 is 1.33 bits per heavy atom. The van der Waals surface area contributed by atoms with Crippen LogP contribution < -0.4 is 5.32 Å². The summed E-state index contributed by atoms with van der Waals surface area (Å²) in [6, 6.07) is 6.66. The van der Waals surface area contributed by atoms with E-state index in [1.165, 1.54) is 16.0 Å². The number of methoxy groups -OCH3 is 1. The molecule has 0 aliphatic heterocycles. The molecule has 0 amide bonds. The Kier molecular flexibility index (Phi) is 7.40. The van der Waals surface area contributed by atoms with Gasteiger partial charge in [-0.2, -0.15) is 0 Å². The van der Waals surface area contributed by atoms with Crippen LogP contribution in [0.1, 0.15) is 24.5 Å². The predicted octanol–water partition coefficient (Wildman–Crippen LogP) is 3.41. The zero-order valence-electron chi connectivity index (χ0n) is 12.0. The third kappa shape index (κ3) is 5.89. The van der Waals surface area contributed by atoms with Crippen molar-refractivity contribution >= 4 is 11.8 Å². The molecule has 102 valence electrons. The molecule has 0 heterocycles. The van der Waals surface area contributed by atoms with Crippen molar-refractivity contribution in [3.05, 3.63) is 29.3 Å². The molecular weight excluding hydrogens is 242 g/mol. The zero-order chi connectivity index (χ0) is 13.4. The Bertz CT molecular complexity index is 354. The maximum atomic E-state index is 5.03. The van der Waals surface area contributed by atoms with Crippen LogP contribution in [0.15, 0.2) is 23.1 Å². The van der Waals surface area contributed by atoms with Crippen molar-refractivity contribution < 1.29 is 4.74 Å². The summed E-state index contributed by atoms with van der Waals surface area (Å²) in [6.45, 7) is 9.52. The van der Waals surface area contributed by atoms with Gasteiger partial charge in [0.15, 0.2) is 0 Å². The van der Waals surface area contributed by atoms with Crippen LogP contribution >= 0.6 is 11.8 Å². The van der Waals surface area contributed by atoms with Crippen molar-refractivity contribution in [1.29, 1.82) is 0 Å². The van der Waals surface area contributed by atoms with Crippen molar-refractivity contribution in [1.82, 2.24) is 5.32 Å². The first-order valence-corrected chi connectivity index (χ1v) is 7.45. The van der Waals surface area contributed by atoms with Gasteiger partial charge in [-0.3, -0.25) is 0 Å². The fourth-order valence-corrected chi connectivity index (χ4v) is 2.88. The topological polar surface area (TPSA) is 21.3 Å². The number of aryl methyl sites for hydroxylation is 2. The number of rotatable bonds is 8. The predicted molar refractivity (Wildman–Crippen MR) is 80.6 cm³/mol. The molecule has 1 aromatic carbocycles. The second-order valence-electron chi connectivity index (χ2n) is 4.75. The monoisotopic (exact) mass is 267 g/mol. The van der Waals surface area contributed by atoms with Crippen LogP contribution in [-0.4, -0.2) is 32.1 Å². The fraction of sp³-hybridized carbons (Fsp3) is 0.600. The molecule has 3 heteroatoms. The van der Waals surface area contributed by atoms with E-state index in [-0.39, 0.29) is 0 Å². The van der Waals surface area contributed by atoms with Crippen LogP contribution in [0.3, 0.4) is 0 Å². The van der Waals surface area contributed by atoms with E-state index >= 15 is 0 Å². The second-order valence-corrected chi connectivity index (χ2v) is 6.23. The molecule has 0 radical (unpaired) electrons. The van der Waals surface area contributed by atoms with Crippen LogP contribution in [0, 0.1) is 13.8 Å². The molecule has 0 fully saturated rings. The van der Waals surface area contributed by atoms with E-state index in [0.29, 0.717) is 5.25 Å². The molecule has 0 spiro atoms. The van der Waals surface area contributed by atoms with Crippen molar-refractivity contribution in [3.63, 3.8) is 0 Å². The molecule has 0 bridgehead atoms. The SMILES string of the molecule is COCCCNCC(C)Sc1cc(C)ccc1C. The van der Waals surface area contributed by atoms with E-state index < -0.39 is 0 Å². The van der Waals surface area contributed by atoms with Gasteiger partial charge < -0.3 is 10.1 Å². The number of hydrogen-bond acceptors (Lipinski definition) is 3. The van der Waals surface area contributed by atoms with Crippen molar-refractivity contribution in [2.75, 3.05) is 26.8 Å². The molecule has 1 unspecified atom stereocenters. The minimum Gasteiger partial charge on any atom is -0.385 e. The Morgan fingerprint density at radius 2 is 2.11 bits per heavy atom. The van der Waals surface area contributed by atoms with Crippen molar-refractivity contribution in [2.45, 2.75) is 37.3 Å². The molecule has 1 N–H and O–H groups in total. The summed E-state index contributed by atoms with van der Waals surface area (Å²) in [5.74, 6) is 0. The van der Waals surface area contributed by atoms with Gasteiger partial charge in [-0.25, -0.2) is 0 Å². The van der Waals surface area contributed by atoms with Gasteiger partial charge in [0, 0.05) is 30.4 Å². The standard InChI is InChI=1S/C15H25NOS/c1-12-6-7-13(2)15(10-12)18-14(3)11-16-8-5-9-17-4/h6-7,10,14,16H,5,8-9,11H2,1-4H3. The molecule has 1 atom stereocenters. The minimum absolute atomic E-state index is 0.591. The number of hydrogen-bond donors (Lipinski definition) is 1. The Labute approximate surface area is 116 Å². The summed E-state index contributed by atoms with van der Waals surface area (Å²) < 4.78 is 5.03. The highest BCUT2D eigenvalue weighted by molar-refractivity contribution is 8.00. The van der Waals surface area contributed by atoms with Gasteiger partial charge in [0.05, 0.1) is 0 Å². The van der Waals surface area contributed by atoms with Gasteiger partial charge in [0.1, 0.15) is 0 Å². The lowest BCUT2D eigenvalue weighted by Crippen LogP contribution is -2.24. The lowest BCUT2D eigenvalue weighted by Gasteiger charge is -2.14. The van der Waals surface area contributed by atoms with Crippen LogP contribution in [-0.2, 0) is 4.74 Å². The highest BCUT2D eigenvalue weighted by Crippen LogP contribution is 2.27. The molecule has 1 rings (SSSR count). The summed E-state index contributed by atoms with van der Waals surface area (Å²) in [5, 5.41) is 4.06. The molecule has 18 heavy (non-hydrogen) atoms. The molecule has 0 aliphatic carbocycles. The summed E-state index contributed by atoms with van der Waals surface area (Å²) in [4.78, 5) is 1.40. The largest absolute Gasteiger partial charge is 0.385 e. The molecule has 2 nitrogen and oxygen atoms in total. The Morgan fingerprint density at radius 3 is 2.83 bits per heavy atom. The van der Waals surface area contributed by atoms with Gasteiger partial charge in [0.2, 0.25) is 0 Å². The third-order valence-corrected chi connectivity index (χ3v) is 4.07. The molecule has 0 aliphatic rings. The Hall–Kier alpha value is -0.510. The van der Waals surface area contributed by atoms with E-state index in [4.69, 9.17) is 4.74 Å². The first-order chi connectivity index (χ1) is 8.63. The van der Waals surface area contributed by atoms with E-state index in [0.717, 1.165) is 26.1 Å². The first-order valence-electron chi connectivity index (χ1n) is 6.57. The molecular formula is C15H25NOS. The van der Waals surface area contributed by atoms with Crippen LogP contribution in [0.2, 0.25) is 0 Å². The van der Waals surface area contributed by atoms with E-state index in [2.05, 4.69) is 44.3 Å². The molecule has 1 aromatic rings. The average molecular weight is 267 g/mol. The van der Waals surface area contributed by atoms with Crippen molar-refractivity contribution in [2.24, 2.45) is 0 Å². The molecule has 0 saturated heterocycles. The third-order valence-electron chi connectivity index (χ3n) is 2.81. The van der Waals surface area contributed by atoms with E-state index in [9.17, 15) is 0 Å². The lowest BCUT2D eigenvalue weighted by atomic mass is 10.2. The number of nitrogens with one attached hydrogen (secondary N) is 1. The van der Waals surface area contributed by atoms with Gasteiger partial charge in [-0.05, 0) is 38.4 Å². The number of ether oxygens (including phenoxy) is 1. The zero-order valence-corrected chi connectivity index (χ0v) is 12.8. The maximum Gasteiger partial charge on any atom is 0.0474 e. The normalized spacial score (nSPS) is 12.7. The van der Waals surface area contributed by atoms with Gasteiger partial charge in [-0.15, -0.1) is 11.8 Å². The van der Waals surface area contributed by atoms with E-state index in [1.807, 2.05) is 11.8 Å². The van der Waals surface area contributed by atoms with Crippen molar-refractivity contribution in [3.8, 4) is 0 Å². The lowest BCUT2D eigenvalue weighted by molar-refractivity contribution is 0.194. The summed E-state index contributed by atoms with van der Waals surface area (Å²) in [6.07, 6.45) is 1.08. The smallest absolute Gasteiger partial charge is 0.0474 e. The Balaban J connectivity index is 2.30. The number of thioether (sulfide) groups is 1. The van der Waals surface area contributed by atoms with Crippen LogP contribution in [0.4, 0.5) is 0 Å². The second kappa shape index (κ2) is 8.57. The quantitative estimate of drug-likeness (QED) is 0.576. The summed E-state index contributed by atoms with van der Waals surface area (Å²) in [5.41, 5.74) is 2.71. The molecule has 0 saturated carbocycles. The van der Waals surface area contributed by atoms with Gasteiger partial charge in [0.25, 0.3) is 0 Å². The maximum absolute atomic E-state index is 5.03. The van der Waals surface area contributed by atoms with Crippen LogP contribution in [0.5, 0.6) is 0 Å². The first kappa shape index (κ1) is 15.5. The number of benzene rings is 1. The molecule has 0 aromatic heterocycles. The summed E-state index contributed by atoms with van der Waals surface area (Å²) in [7, 11) is 1.75. The average Bonchev–Trinajstić information content (AvgIpc) is 2.33. The highest BCUT2D eigenvalue weighted by atomic mass is 32.2.